The number of aromatic nitrogens is 1. The molecule has 0 aromatic carbocycles. The van der Waals surface area contributed by atoms with Gasteiger partial charge < -0.3 is 9.64 Å². The van der Waals surface area contributed by atoms with E-state index in [1.165, 1.54) is 12.6 Å². The fourth-order valence-corrected chi connectivity index (χ4v) is 3.42. The van der Waals surface area contributed by atoms with Crippen molar-refractivity contribution in [3.8, 4) is 0 Å². The molecule has 2 atom stereocenters. The highest BCUT2D eigenvalue weighted by molar-refractivity contribution is 6.35. The number of ether oxygens (including phenoxy) is 1. The van der Waals surface area contributed by atoms with Gasteiger partial charge in [0.2, 0.25) is 0 Å². The summed E-state index contributed by atoms with van der Waals surface area (Å²) < 4.78 is 5.79. The fraction of sp³-hybridized carbons (Fsp3) is 0.571. The van der Waals surface area contributed by atoms with Crippen LogP contribution in [0.5, 0.6) is 0 Å². The largest absolute Gasteiger partial charge is 0.374 e. The van der Waals surface area contributed by atoms with Crippen LogP contribution >= 0.6 is 23.2 Å². The van der Waals surface area contributed by atoms with E-state index in [-0.39, 0.29) is 23.2 Å². The number of morpholine rings is 1. The molecule has 2 aliphatic rings. The molecule has 0 spiro atoms. The highest BCUT2D eigenvalue weighted by Gasteiger charge is 2.37. The van der Waals surface area contributed by atoms with E-state index in [2.05, 4.69) is 4.98 Å². The van der Waals surface area contributed by atoms with Gasteiger partial charge in [0, 0.05) is 12.7 Å². The van der Waals surface area contributed by atoms with Crippen molar-refractivity contribution in [1.82, 2.24) is 9.88 Å². The number of hydrogen-bond acceptors (Lipinski definition) is 3. The lowest BCUT2D eigenvalue weighted by molar-refractivity contribution is -0.0752. The second-order valence-electron chi connectivity index (χ2n) is 5.25. The van der Waals surface area contributed by atoms with Crippen molar-refractivity contribution in [2.75, 3.05) is 13.2 Å². The normalized spacial score (nSPS) is 26.2. The Labute approximate surface area is 128 Å². The average Bonchev–Trinajstić information content (AvgIpc) is 2.48. The van der Waals surface area contributed by atoms with Gasteiger partial charge in [-0.05, 0) is 18.9 Å². The predicted molar refractivity (Wildman–Crippen MR) is 77.3 cm³/mol. The zero-order valence-electron chi connectivity index (χ0n) is 11.0. The third kappa shape index (κ3) is 2.65. The number of rotatable bonds is 1. The Morgan fingerprint density at radius 2 is 2.15 bits per heavy atom. The minimum atomic E-state index is -0.0699. The van der Waals surface area contributed by atoms with Gasteiger partial charge in [0.15, 0.2) is 0 Å². The SMILES string of the molecule is O=C(c1cc(Cl)ncc1Cl)N1CCOC2CCCCC21. The lowest BCUT2D eigenvalue weighted by Gasteiger charge is -2.43. The van der Waals surface area contributed by atoms with Gasteiger partial charge in [0.25, 0.3) is 5.91 Å². The standard InChI is InChI=1S/C14H16Cl2N2O2/c15-10-8-17-13(16)7-9(10)14(19)18-5-6-20-12-4-2-1-3-11(12)18/h7-8,11-12H,1-6H2. The van der Waals surface area contributed by atoms with Crippen LogP contribution in [0, 0.1) is 0 Å². The van der Waals surface area contributed by atoms with E-state index in [0.29, 0.717) is 23.7 Å². The van der Waals surface area contributed by atoms with Crippen LogP contribution in [-0.2, 0) is 4.74 Å². The van der Waals surface area contributed by atoms with Crippen LogP contribution in [0.3, 0.4) is 0 Å². The molecule has 6 heteroatoms. The second-order valence-corrected chi connectivity index (χ2v) is 6.04. The minimum Gasteiger partial charge on any atom is -0.374 e. The van der Waals surface area contributed by atoms with Gasteiger partial charge in [-0.3, -0.25) is 4.79 Å². The van der Waals surface area contributed by atoms with Crippen molar-refractivity contribution in [2.24, 2.45) is 0 Å². The third-order valence-corrected chi connectivity index (χ3v) is 4.55. The van der Waals surface area contributed by atoms with Gasteiger partial charge >= 0.3 is 0 Å². The lowest BCUT2D eigenvalue weighted by Crippen LogP contribution is -2.54. The number of halogens is 2. The van der Waals surface area contributed by atoms with Crippen LogP contribution < -0.4 is 0 Å². The van der Waals surface area contributed by atoms with Crippen LogP contribution in [-0.4, -0.2) is 41.1 Å². The maximum Gasteiger partial charge on any atom is 0.255 e. The van der Waals surface area contributed by atoms with Gasteiger partial charge in [-0.15, -0.1) is 0 Å². The molecule has 20 heavy (non-hydrogen) atoms. The van der Waals surface area contributed by atoms with Crippen molar-refractivity contribution in [2.45, 2.75) is 37.8 Å². The zero-order chi connectivity index (χ0) is 14.1. The zero-order valence-corrected chi connectivity index (χ0v) is 12.5. The summed E-state index contributed by atoms with van der Waals surface area (Å²) in [5, 5.41) is 0.629. The molecule has 1 saturated carbocycles. The predicted octanol–water partition coefficient (Wildman–Crippen LogP) is 3.17. The summed E-state index contributed by atoms with van der Waals surface area (Å²) in [4.78, 5) is 18.5. The molecule has 2 heterocycles. The second kappa shape index (κ2) is 5.88. The molecule has 1 aliphatic carbocycles. The van der Waals surface area contributed by atoms with Crippen molar-refractivity contribution in [3.63, 3.8) is 0 Å². The van der Waals surface area contributed by atoms with Gasteiger partial charge in [-0.1, -0.05) is 36.0 Å². The summed E-state index contributed by atoms with van der Waals surface area (Å²) in [6.07, 6.45) is 5.92. The first-order valence-corrected chi connectivity index (χ1v) is 7.66. The van der Waals surface area contributed by atoms with Crippen LogP contribution in [0.4, 0.5) is 0 Å². The summed E-state index contributed by atoms with van der Waals surface area (Å²) in [6.45, 7) is 1.19. The van der Waals surface area contributed by atoms with Crippen LogP contribution in [0.1, 0.15) is 36.0 Å². The number of nitrogens with zero attached hydrogens (tertiary/aromatic N) is 2. The Hall–Kier alpha value is -0.840. The Balaban J connectivity index is 1.87. The van der Waals surface area contributed by atoms with Crippen LogP contribution in [0.2, 0.25) is 10.2 Å². The maximum atomic E-state index is 12.7. The van der Waals surface area contributed by atoms with E-state index < -0.39 is 0 Å². The first-order valence-electron chi connectivity index (χ1n) is 6.90. The summed E-state index contributed by atoms with van der Waals surface area (Å²) in [6, 6.07) is 1.70. The van der Waals surface area contributed by atoms with E-state index in [4.69, 9.17) is 27.9 Å². The van der Waals surface area contributed by atoms with Gasteiger partial charge in [0.05, 0.1) is 29.3 Å². The molecule has 1 aromatic heterocycles. The fourth-order valence-electron chi connectivity index (χ4n) is 3.08. The molecule has 1 amide bonds. The monoisotopic (exact) mass is 314 g/mol. The molecule has 3 rings (SSSR count). The number of fused-ring (bicyclic) bond motifs is 1. The number of hydrogen-bond donors (Lipinski definition) is 0. The number of carbonyl (C=O) groups excluding carboxylic acids is 1. The van der Waals surface area contributed by atoms with Crippen molar-refractivity contribution >= 4 is 29.1 Å². The minimum absolute atomic E-state index is 0.0699. The van der Waals surface area contributed by atoms with E-state index in [1.54, 1.807) is 6.07 Å². The summed E-state index contributed by atoms with van der Waals surface area (Å²) in [7, 11) is 0. The molecular weight excluding hydrogens is 299 g/mol. The molecular formula is C14H16Cl2N2O2. The molecule has 1 aliphatic heterocycles. The smallest absolute Gasteiger partial charge is 0.255 e. The van der Waals surface area contributed by atoms with Crippen LogP contribution in [0.25, 0.3) is 0 Å². The molecule has 0 radical (unpaired) electrons. The Kier molecular flexibility index (Phi) is 4.15. The Morgan fingerprint density at radius 1 is 1.35 bits per heavy atom. The first kappa shape index (κ1) is 14.1. The van der Waals surface area contributed by atoms with Gasteiger partial charge in [0.1, 0.15) is 5.15 Å². The summed E-state index contributed by atoms with van der Waals surface area (Å²) in [5.41, 5.74) is 0.429. The average molecular weight is 315 g/mol. The summed E-state index contributed by atoms with van der Waals surface area (Å²) >= 11 is 12.0. The van der Waals surface area contributed by atoms with Gasteiger partial charge in [-0.2, -0.15) is 0 Å². The van der Waals surface area contributed by atoms with E-state index in [9.17, 15) is 4.79 Å². The maximum absolute atomic E-state index is 12.7. The molecule has 2 unspecified atom stereocenters. The first-order chi connectivity index (χ1) is 9.66. The topological polar surface area (TPSA) is 42.4 Å². The highest BCUT2D eigenvalue weighted by Crippen LogP contribution is 2.30. The third-order valence-electron chi connectivity index (χ3n) is 4.05. The van der Waals surface area contributed by atoms with E-state index in [0.717, 1.165) is 19.3 Å². The van der Waals surface area contributed by atoms with E-state index >= 15 is 0 Å². The van der Waals surface area contributed by atoms with E-state index in [1.807, 2.05) is 4.90 Å². The molecule has 0 N–H and O–H groups in total. The summed E-state index contributed by atoms with van der Waals surface area (Å²) in [5.74, 6) is -0.0699. The van der Waals surface area contributed by atoms with Crippen molar-refractivity contribution in [3.05, 3.63) is 28.0 Å². The lowest BCUT2D eigenvalue weighted by atomic mass is 9.90. The number of amides is 1. The highest BCUT2D eigenvalue weighted by atomic mass is 35.5. The Morgan fingerprint density at radius 3 is 3.00 bits per heavy atom. The molecule has 2 fully saturated rings. The molecule has 108 valence electrons. The molecule has 4 nitrogen and oxygen atoms in total. The molecule has 0 bridgehead atoms. The molecule has 1 aromatic rings. The van der Waals surface area contributed by atoms with Gasteiger partial charge in [-0.25, -0.2) is 4.98 Å². The van der Waals surface area contributed by atoms with Crippen molar-refractivity contribution < 1.29 is 9.53 Å². The molecule has 1 saturated heterocycles. The Bertz CT molecular complexity index is 522. The van der Waals surface area contributed by atoms with Crippen molar-refractivity contribution in [1.29, 1.82) is 0 Å². The number of carbonyl (C=O) groups is 1. The number of pyridine rings is 1. The quantitative estimate of drug-likeness (QED) is 0.748. The van der Waals surface area contributed by atoms with Crippen LogP contribution in [0.15, 0.2) is 12.3 Å².